The minimum atomic E-state index is -0.979. The minimum Gasteiger partial charge on any atom is -0.482 e. The van der Waals surface area contributed by atoms with Gasteiger partial charge in [0.1, 0.15) is 5.75 Å². The van der Waals surface area contributed by atoms with Crippen molar-refractivity contribution < 1.29 is 19.7 Å². The first-order valence-corrected chi connectivity index (χ1v) is 6.64. The number of carboxylic acids is 1. The van der Waals surface area contributed by atoms with Crippen molar-refractivity contribution >= 4 is 5.97 Å². The van der Waals surface area contributed by atoms with Crippen LogP contribution < -0.4 is 4.74 Å². The summed E-state index contributed by atoms with van der Waals surface area (Å²) in [7, 11) is 0. The number of carbonyl (C=O) groups is 1. The molecule has 0 radical (unpaired) electrons. The fraction of sp³-hybridized carbons (Fsp3) is 0.533. The number of fused-ring (bicyclic) bond motifs is 1. The highest BCUT2D eigenvalue weighted by atomic mass is 16.5. The average molecular weight is 264 g/mol. The Labute approximate surface area is 113 Å². The highest BCUT2D eigenvalue weighted by Crippen LogP contribution is 2.43. The maximum atomic E-state index is 10.6. The summed E-state index contributed by atoms with van der Waals surface area (Å²) < 4.78 is 5.35. The van der Waals surface area contributed by atoms with Gasteiger partial charge in [0.05, 0.1) is 5.60 Å². The number of ether oxygens (including phenoxy) is 1. The van der Waals surface area contributed by atoms with Gasteiger partial charge in [-0.2, -0.15) is 0 Å². The Bertz CT molecular complexity index is 479. The number of hydrogen-bond acceptors (Lipinski definition) is 3. The standard InChI is InChI=1S/C15H20O4/c1-3-12-10-5-4-6-13(19-9-14(16)17)11(10)7-8-15(12,2)18/h4-6,12,18H,3,7-9H2,1-2H3,(H,16,17). The molecule has 0 fully saturated rings. The molecule has 2 N–H and O–H groups in total. The van der Waals surface area contributed by atoms with Crippen LogP contribution in [0, 0.1) is 0 Å². The van der Waals surface area contributed by atoms with E-state index in [2.05, 4.69) is 6.92 Å². The molecule has 4 heteroatoms. The van der Waals surface area contributed by atoms with E-state index in [9.17, 15) is 9.90 Å². The molecule has 2 atom stereocenters. The van der Waals surface area contributed by atoms with Crippen molar-refractivity contribution in [1.82, 2.24) is 0 Å². The molecule has 0 aromatic heterocycles. The molecule has 0 heterocycles. The normalized spacial score (nSPS) is 25.7. The van der Waals surface area contributed by atoms with Gasteiger partial charge in [0.25, 0.3) is 0 Å². The van der Waals surface area contributed by atoms with Crippen molar-refractivity contribution in [2.75, 3.05) is 6.61 Å². The SMILES string of the molecule is CCC1c2cccc(OCC(=O)O)c2CCC1(C)O. The molecular weight excluding hydrogens is 244 g/mol. The lowest BCUT2D eigenvalue weighted by Gasteiger charge is -2.38. The first kappa shape index (κ1) is 13.9. The van der Waals surface area contributed by atoms with Crippen LogP contribution in [0.3, 0.4) is 0 Å². The molecule has 1 aromatic rings. The van der Waals surface area contributed by atoms with E-state index in [1.165, 1.54) is 0 Å². The van der Waals surface area contributed by atoms with Crippen molar-refractivity contribution in [3.63, 3.8) is 0 Å². The van der Waals surface area contributed by atoms with E-state index in [1.807, 2.05) is 19.1 Å². The minimum absolute atomic E-state index is 0.0737. The summed E-state index contributed by atoms with van der Waals surface area (Å²) in [6.45, 7) is 3.59. The van der Waals surface area contributed by atoms with Crippen LogP contribution in [-0.2, 0) is 11.2 Å². The molecule has 2 rings (SSSR count). The molecule has 0 bridgehead atoms. The molecule has 1 aromatic carbocycles. The number of aliphatic hydroxyl groups is 1. The van der Waals surface area contributed by atoms with Crippen LogP contribution in [0.2, 0.25) is 0 Å². The van der Waals surface area contributed by atoms with Gasteiger partial charge >= 0.3 is 5.97 Å². The van der Waals surface area contributed by atoms with E-state index in [4.69, 9.17) is 9.84 Å². The van der Waals surface area contributed by atoms with Crippen LogP contribution >= 0.6 is 0 Å². The maximum Gasteiger partial charge on any atom is 0.341 e. The molecule has 4 nitrogen and oxygen atoms in total. The highest BCUT2D eigenvalue weighted by Gasteiger charge is 2.37. The molecule has 2 unspecified atom stereocenters. The molecule has 0 aliphatic heterocycles. The second kappa shape index (κ2) is 5.21. The predicted octanol–water partition coefficient (Wildman–Crippen LogP) is 2.34. The maximum absolute atomic E-state index is 10.6. The topological polar surface area (TPSA) is 66.8 Å². The van der Waals surface area contributed by atoms with Crippen LogP contribution in [0.5, 0.6) is 5.75 Å². The summed E-state index contributed by atoms with van der Waals surface area (Å²) >= 11 is 0. The highest BCUT2D eigenvalue weighted by molar-refractivity contribution is 5.68. The quantitative estimate of drug-likeness (QED) is 0.876. The predicted molar refractivity (Wildman–Crippen MR) is 71.5 cm³/mol. The summed E-state index contributed by atoms with van der Waals surface area (Å²) in [6, 6.07) is 5.67. The lowest BCUT2D eigenvalue weighted by molar-refractivity contribution is -0.139. The van der Waals surface area contributed by atoms with Crippen molar-refractivity contribution in [2.24, 2.45) is 0 Å². The molecule has 0 amide bonds. The number of benzene rings is 1. The van der Waals surface area contributed by atoms with Gasteiger partial charge in [-0.1, -0.05) is 19.1 Å². The van der Waals surface area contributed by atoms with E-state index in [0.717, 1.165) is 17.5 Å². The van der Waals surface area contributed by atoms with E-state index in [-0.39, 0.29) is 12.5 Å². The molecule has 104 valence electrons. The molecule has 0 saturated heterocycles. The second-order valence-corrected chi connectivity index (χ2v) is 5.32. The summed E-state index contributed by atoms with van der Waals surface area (Å²) in [5.74, 6) is -0.272. The fourth-order valence-electron chi connectivity index (χ4n) is 3.00. The van der Waals surface area contributed by atoms with Crippen molar-refractivity contribution in [1.29, 1.82) is 0 Å². The van der Waals surface area contributed by atoms with Crippen LogP contribution in [0.4, 0.5) is 0 Å². The van der Waals surface area contributed by atoms with Gasteiger partial charge in [0.15, 0.2) is 6.61 Å². The molecule has 19 heavy (non-hydrogen) atoms. The number of aliphatic carboxylic acids is 1. The fourth-order valence-corrected chi connectivity index (χ4v) is 3.00. The van der Waals surface area contributed by atoms with Crippen LogP contribution in [0.15, 0.2) is 18.2 Å². The van der Waals surface area contributed by atoms with Crippen molar-refractivity contribution in [3.05, 3.63) is 29.3 Å². The van der Waals surface area contributed by atoms with E-state index in [0.29, 0.717) is 18.6 Å². The van der Waals surface area contributed by atoms with Crippen LogP contribution in [0.25, 0.3) is 0 Å². The van der Waals surface area contributed by atoms with E-state index >= 15 is 0 Å². The molecule has 1 aliphatic carbocycles. The second-order valence-electron chi connectivity index (χ2n) is 5.32. The lowest BCUT2D eigenvalue weighted by Crippen LogP contribution is -2.37. The third kappa shape index (κ3) is 2.73. The van der Waals surface area contributed by atoms with E-state index in [1.54, 1.807) is 6.07 Å². The lowest BCUT2D eigenvalue weighted by atomic mass is 9.71. The summed E-state index contributed by atoms with van der Waals surface area (Å²) in [4.78, 5) is 10.6. The molecular formula is C15H20O4. The van der Waals surface area contributed by atoms with Gasteiger partial charge in [0.2, 0.25) is 0 Å². The number of carboxylic acid groups (broad SMARTS) is 1. The molecule has 0 spiro atoms. The Morgan fingerprint density at radius 3 is 2.89 bits per heavy atom. The number of rotatable bonds is 4. The zero-order valence-electron chi connectivity index (χ0n) is 11.3. The third-order valence-electron chi connectivity index (χ3n) is 3.94. The smallest absolute Gasteiger partial charge is 0.341 e. The van der Waals surface area contributed by atoms with Crippen LogP contribution in [-0.4, -0.2) is 28.4 Å². The van der Waals surface area contributed by atoms with Gasteiger partial charge in [-0.15, -0.1) is 0 Å². The Morgan fingerprint density at radius 2 is 2.26 bits per heavy atom. The van der Waals surface area contributed by atoms with Gasteiger partial charge < -0.3 is 14.9 Å². The third-order valence-corrected chi connectivity index (χ3v) is 3.94. The van der Waals surface area contributed by atoms with Crippen LogP contribution in [0.1, 0.15) is 43.7 Å². The monoisotopic (exact) mass is 264 g/mol. The van der Waals surface area contributed by atoms with Gasteiger partial charge in [-0.05, 0) is 43.4 Å². The molecule has 1 aliphatic rings. The first-order chi connectivity index (χ1) is 8.95. The van der Waals surface area contributed by atoms with Gasteiger partial charge in [0, 0.05) is 5.92 Å². The zero-order valence-corrected chi connectivity index (χ0v) is 11.3. The Balaban J connectivity index is 2.35. The summed E-state index contributed by atoms with van der Waals surface area (Å²) in [5, 5.41) is 19.2. The largest absolute Gasteiger partial charge is 0.482 e. The zero-order chi connectivity index (χ0) is 14.0. The van der Waals surface area contributed by atoms with E-state index < -0.39 is 11.6 Å². The van der Waals surface area contributed by atoms with Gasteiger partial charge in [-0.25, -0.2) is 4.79 Å². The Kier molecular flexibility index (Phi) is 3.80. The average Bonchev–Trinajstić information content (AvgIpc) is 2.35. The summed E-state index contributed by atoms with van der Waals surface area (Å²) in [6.07, 6.45) is 2.24. The Morgan fingerprint density at radius 1 is 1.53 bits per heavy atom. The Hall–Kier alpha value is -1.55. The number of hydrogen-bond donors (Lipinski definition) is 2. The van der Waals surface area contributed by atoms with Crippen molar-refractivity contribution in [3.8, 4) is 5.75 Å². The molecule has 0 saturated carbocycles. The first-order valence-electron chi connectivity index (χ1n) is 6.64. The summed E-state index contributed by atoms with van der Waals surface area (Å²) in [5.41, 5.74) is 1.43. The van der Waals surface area contributed by atoms with Crippen molar-refractivity contribution in [2.45, 2.75) is 44.6 Å². The van der Waals surface area contributed by atoms with Gasteiger partial charge in [-0.3, -0.25) is 0 Å².